The van der Waals surface area contributed by atoms with Crippen molar-refractivity contribution < 1.29 is 39.4 Å². The lowest BCUT2D eigenvalue weighted by Gasteiger charge is -2.39. The van der Waals surface area contributed by atoms with E-state index in [-0.39, 0.29) is 19.2 Å². The van der Waals surface area contributed by atoms with Crippen LogP contribution in [-0.2, 0) is 19.0 Å². The molecule has 0 aromatic heterocycles. The average Bonchev–Trinajstić information content (AvgIpc) is 2.50. The molecule has 8 heteroatoms. The first-order valence-corrected chi connectivity index (χ1v) is 7.34. The van der Waals surface area contributed by atoms with Gasteiger partial charge >= 0.3 is 5.97 Å². The lowest BCUT2D eigenvalue weighted by molar-refractivity contribution is -0.302. The molecule has 0 radical (unpaired) electrons. The van der Waals surface area contributed by atoms with E-state index in [1.807, 2.05) is 6.92 Å². The Morgan fingerprint density at radius 3 is 2.32 bits per heavy atom. The van der Waals surface area contributed by atoms with Gasteiger partial charge in [0.25, 0.3) is 0 Å². The van der Waals surface area contributed by atoms with E-state index < -0.39 is 42.7 Å². The molecule has 1 aliphatic rings. The van der Waals surface area contributed by atoms with Crippen molar-refractivity contribution in [3.8, 4) is 0 Å². The molecule has 5 atom stereocenters. The number of hydrogen-bond donors (Lipinski definition) is 4. The van der Waals surface area contributed by atoms with E-state index in [2.05, 4.69) is 0 Å². The van der Waals surface area contributed by atoms with Crippen LogP contribution in [0.4, 0.5) is 0 Å². The van der Waals surface area contributed by atoms with Gasteiger partial charge in [-0.1, -0.05) is 6.92 Å². The molecule has 1 heterocycles. The van der Waals surface area contributed by atoms with Crippen molar-refractivity contribution in [2.45, 2.75) is 57.9 Å². The molecule has 0 amide bonds. The van der Waals surface area contributed by atoms with Crippen molar-refractivity contribution in [3.05, 3.63) is 0 Å². The summed E-state index contributed by atoms with van der Waals surface area (Å²) in [7, 11) is 0. The topological polar surface area (TPSA) is 126 Å². The third kappa shape index (κ3) is 4.61. The molecule has 1 aliphatic heterocycles. The third-order valence-corrected chi connectivity index (χ3v) is 3.88. The Hall–Kier alpha value is -0.770. The minimum Gasteiger partial charge on any atom is -0.463 e. The molecule has 0 spiro atoms. The van der Waals surface area contributed by atoms with Crippen LogP contribution in [0.5, 0.6) is 0 Å². The van der Waals surface area contributed by atoms with Gasteiger partial charge < -0.3 is 34.6 Å². The van der Waals surface area contributed by atoms with E-state index >= 15 is 0 Å². The zero-order valence-corrected chi connectivity index (χ0v) is 13.1. The summed E-state index contributed by atoms with van der Waals surface area (Å²) in [4.78, 5) is 11.7. The molecule has 1 saturated heterocycles. The van der Waals surface area contributed by atoms with Crippen molar-refractivity contribution in [2.75, 3.05) is 19.8 Å². The van der Waals surface area contributed by atoms with Crippen LogP contribution in [0, 0.1) is 5.41 Å². The van der Waals surface area contributed by atoms with Crippen LogP contribution in [0.25, 0.3) is 0 Å². The van der Waals surface area contributed by atoms with Crippen molar-refractivity contribution in [1.82, 2.24) is 0 Å². The summed E-state index contributed by atoms with van der Waals surface area (Å²) in [5.74, 6) is -0.354. The van der Waals surface area contributed by atoms with Crippen molar-refractivity contribution >= 4 is 5.97 Å². The Balaban J connectivity index is 2.39. The standard InChI is InChI=1S/C14H26O8/c1-4-14(2,3)13(19)21-6-5-20-12-11(18)10(17)9(16)8(7-15)22-12/h8-12,15-18H,4-7H2,1-3H3/t8?,9-,10?,11+,12-/m0/s1. The van der Waals surface area contributed by atoms with Crippen LogP contribution in [0.3, 0.4) is 0 Å². The van der Waals surface area contributed by atoms with Crippen molar-refractivity contribution in [1.29, 1.82) is 0 Å². The van der Waals surface area contributed by atoms with Crippen LogP contribution < -0.4 is 0 Å². The van der Waals surface area contributed by atoms with Gasteiger partial charge in [0.1, 0.15) is 31.0 Å². The predicted octanol–water partition coefficient (Wildman–Crippen LogP) is -1.22. The number of carbonyl (C=O) groups is 1. The molecule has 8 nitrogen and oxygen atoms in total. The maximum absolute atomic E-state index is 11.7. The minimum atomic E-state index is -1.49. The molecule has 0 aliphatic carbocycles. The molecule has 22 heavy (non-hydrogen) atoms. The Morgan fingerprint density at radius 1 is 1.14 bits per heavy atom. The highest BCUT2D eigenvalue weighted by molar-refractivity contribution is 5.75. The van der Waals surface area contributed by atoms with Gasteiger partial charge in [-0.05, 0) is 20.3 Å². The number of rotatable bonds is 7. The first kappa shape index (κ1) is 19.3. The number of carbonyl (C=O) groups excluding carboxylic acids is 1. The molecule has 130 valence electrons. The van der Waals surface area contributed by atoms with Crippen LogP contribution in [0.15, 0.2) is 0 Å². The van der Waals surface area contributed by atoms with E-state index in [1.165, 1.54) is 0 Å². The Labute approximate surface area is 129 Å². The van der Waals surface area contributed by atoms with Gasteiger partial charge in [0.2, 0.25) is 0 Å². The van der Waals surface area contributed by atoms with E-state index in [0.29, 0.717) is 6.42 Å². The predicted molar refractivity (Wildman–Crippen MR) is 74.8 cm³/mol. The van der Waals surface area contributed by atoms with Gasteiger partial charge in [-0.25, -0.2) is 0 Å². The van der Waals surface area contributed by atoms with Crippen LogP contribution in [-0.4, -0.2) is 76.9 Å². The summed E-state index contributed by atoms with van der Waals surface area (Å²) in [6.45, 7) is 4.82. The SMILES string of the molecule is CCC(C)(C)C(=O)OCCO[C@H]1OC(CO)[C@H](O)C(O)[C@H]1O. The summed E-state index contributed by atoms with van der Waals surface area (Å²) >= 11 is 0. The maximum Gasteiger partial charge on any atom is 0.311 e. The third-order valence-electron chi connectivity index (χ3n) is 3.88. The highest BCUT2D eigenvalue weighted by Crippen LogP contribution is 2.23. The quantitative estimate of drug-likeness (QED) is 0.339. The number of aliphatic hydroxyl groups excluding tert-OH is 4. The molecule has 0 bridgehead atoms. The lowest BCUT2D eigenvalue weighted by atomic mass is 9.91. The Bertz CT molecular complexity index is 357. The van der Waals surface area contributed by atoms with Gasteiger partial charge in [-0.15, -0.1) is 0 Å². The highest BCUT2D eigenvalue weighted by Gasteiger charge is 2.44. The first-order valence-electron chi connectivity index (χ1n) is 7.34. The summed E-state index contributed by atoms with van der Waals surface area (Å²) in [5, 5.41) is 38.0. The molecule has 1 rings (SSSR count). The van der Waals surface area contributed by atoms with E-state index in [4.69, 9.17) is 19.3 Å². The summed E-state index contributed by atoms with van der Waals surface area (Å²) in [6, 6.07) is 0. The van der Waals surface area contributed by atoms with Crippen LogP contribution >= 0.6 is 0 Å². The Kier molecular flexibility index (Phi) is 7.17. The molecule has 4 N–H and O–H groups in total. The number of ether oxygens (including phenoxy) is 3. The lowest BCUT2D eigenvalue weighted by Crippen LogP contribution is -2.59. The first-order chi connectivity index (χ1) is 10.2. The fourth-order valence-electron chi connectivity index (χ4n) is 1.84. The fraction of sp³-hybridized carbons (Fsp3) is 0.929. The second-order valence-corrected chi connectivity index (χ2v) is 5.94. The zero-order chi connectivity index (χ0) is 16.9. The average molecular weight is 322 g/mol. The zero-order valence-electron chi connectivity index (χ0n) is 13.1. The van der Waals surface area contributed by atoms with E-state index in [0.717, 1.165) is 0 Å². The fourth-order valence-corrected chi connectivity index (χ4v) is 1.84. The Morgan fingerprint density at radius 2 is 1.77 bits per heavy atom. The largest absolute Gasteiger partial charge is 0.463 e. The molecule has 0 aromatic rings. The summed E-state index contributed by atoms with van der Waals surface area (Å²) in [6.07, 6.45) is -5.97. The molecule has 1 fully saturated rings. The van der Waals surface area contributed by atoms with Gasteiger partial charge in [0, 0.05) is 0 Å². The van der Waals surface area contributed by atoms with Crippen LogP contribution in [0.2, 0.25) is 0 Å². The van der Waals surface area contributed by atoms with E-state index in [9.17, 15) is 20.1 Å². The normalized spacial score (nSPS) is 32.8. The molecule has 2 unspecified atom stereocenters. The molecule has 0 saturated carbocycles. The monoisotopic (exact) mass is 322 g/mol. The van der Waals surface area contributed by atoms with Gasteiger partial charge in [0.05, 0.1) is 18.6 Å². The van der Waals surface area contributed by atoms with Crippen LogP contribution in [0.1, 0.15) is 27.2 Å². The highest BCUT2D eigenvalue weighted by atomic mass is 16.7. The van der Waals surface area contributed by atoms with Crippen molar-refractivity contribution in [3.63, 3.8) is 0 Å². The number of hydrogen-bond acceptors (Lipinski definition) is 8. The van der Waals surface area contributed by atoms with Gasteiger partial charge in [-0.3, -0.25) is 4.79 Å². The van der Waals surface area contributed by atoms with Crippen molar-refractivity contribution in [2.24, 2.45) is 5.41 Å². The second-order valence-electron chi connectivity index (χ2n) is 5.94. The number of esters is 1. The van der Waals surface area contributed by atoms with E-state index in [1.54, 1.807) is 13.8 Å². The van der Waals surface area contributed by atoms with Gasteiger partial charge in [-0.2, -0.15) is 0 Å². The summed E-state index contributed by atoms with van der Waals surface area (Å²) in [5.41, 5.74) is -0.580. The second kappa shape index (κ2) is 8.19. The van der Waals surface area contributed by atoms with Gasteiger partial charge in [0.15, 0.2) is 6.29 Å². The minimum absolute atomic E-state index is 0.0305. The maximum atomic E-state index is 11.7. The molecule has 0 aromatic carbocycles. The molecular formula is C14H26O8. The smallest absolute Gasteiger partial charge is 0.311 e. The number of aliphatic hydroxyl groups is 4. The summed E-state index contributed by atoms with van der Waals surface area (Å²) < 4.78 is 15.4. The molecular weight excluding hydrogens is 296 g/mol.